The molecular formula is C13H10FN3O4. The van der Waals surface area contributed by atoms with Gasteiger partial charge in [0, 0.05) is 6.07 Å². The van der Waals surface area contributed by atoms with Crippen molar-refractivity contribution in [3.05, 3.63) is 68.0 Å². The minimum absolute atomic E-state index is 0.0200. The Morgan fingerprint density at radius 1 is 1.00 bits per heavy atom. The lowest BCUT2D eigenvalue weighted by Gasteiger charge is -2.08. The minimum Gasteiger partial charge on any atom is -0.348 e. The number of halogens is 1. The van der Waals surface area contributed by atoms with Crippen LogP contribution in [-0.4, -0.2) is 9.85 Å². The summed E-state index contributed by atoms with van der Waals surface area (Å²) >= 11 is 0. The highest BCUT2D eigenvalue weighted by Crippen LogP contribution is 2.32. The summed E-state index contributed by atoms with van der Waals surface area (Å²) in [6.45, 7) is 1.71. The molecule has 0 aliphatic rings. The van der Waals surface area contributed by atoms with Crippen LogP contribution < -0.4 is 5.32 Å². The van der Waals surface area contributed by atoms with Gasteiger partial charge in [-0.15, -0.1) is 0 Å². The van der Waals surface area contributed by atoms with E-state index in [0.717, 1.165) is 12.1 Å². The molecule has 0 saturated carbocycles. The first-order valence-corrected chi connectivity index (χ1v) is 5.84. The molecule has 2 aromatic rings. The van der Waals surface area contributed by atoms with Crippen LogP contribution in [0.15, 0.2) is 36.4 Å². The van der Waals surface area contributed by atoms with Gasteiger partial charge in [0.1, 0.15) is 11.5 Å². The first-order valence-electron chi connectivity index (χ1n) is 5.84. The summed E-state index contributed by atoms with van der Waals surface area (Å²) in [6, 6.07) is 7.48. The molecule has 0 spiro atoms. The smallest absolute Gasteiger partial charge is 0.299 e. The molecular weight excluding hydrogens is 281 g/mol. The lowest BCUT2D eigenvalue weighted by atomic mass is 10.2. The maximum Gasteiger partial charge on any atom is 0.299 e. The highest BCUT2D eigenvalue weighted by atomic mass is 19.1. The number of nitrogens with zero attached hydrogens (tertiary/aromatic N) is 2. The van der Waals surface area contributed by atoms with Crippen LogP contribution in [0.3, 0.4) is 0 Å². The Bertz CT molecular complexity index is 733. The molecule has 2 rings (SSSR count). The largest absolute Gasteiger partial charge is 0.348 e. The Balaban J connectivity index is 2.44. The van der Waals surface area contributed by atoms with E-state index in [4.69, 9.17) is 0 Å². The fourth-order valence-electron chi connectivity index (χ4n) is 1.76. The summed E-state index contributed by atoms with van der Waals surface area (Å²) in [5, 5.41) is 24.2. The highest BCUT2D eigenvalue weighted by Gasteiger charge is 2.20. The van der Waals surface area contributed by atoms with Crippen molar-refractivity contribution in [1.29, 1.82) is 0 Å². The number of hydrogen-bond acceptors (Lipinski definition) is 5. The molecule has 1 N–H and O–H groups in total. The summed E-state index contributed by atoms with van der Waals surface area (Å²) in [4.78, 5) is 20.1. The fraction of sp³-hybridized carbons (Fsp3) is 0.0769. The number of rotatable bonds is 4. The molecule has 21 heavy (non-hydrogen) atoms. The molecule has 0 aliphatic carbocycles. The molecule has 0 atom stereocenters. The van der Waals surface area contributed by atoms with E-state index in [0.29, 0.717) is 5.56 Å². The van der Waals surface area contributed by atoms with Gasteiger partial charge in [-0.05, 0) is 30.7 Å². The zero-order chi connectivity index (χ0) is 15.6. The Morgan fingerprint density at radius 2 is 1.67 bits per heavy atom. The molecule has 108 valence electrons. The van der Waals surface area contributed by atoms with Crippen molar-refractivity contribution in [2.45, 2.75) is 6.92 Å². The maximum atomic E-state index is 13.7. The maximum absolute atomic E-state index is 13.7. The lowest BCUT2D eigenvalue weighted by Crippen LogP contribution is -2.00. The number of nitro groups is 2. The zero-order valence-electron chi connectivity index (χ0n) is 10.9. The molecule has 8 heteroatoms. The van der Waals surface area contributed by atoms with Gasteiger partial charge < -0.3 is 5.32 Å². The summed E-state index contributed by atoms with van der Waals surface area (Å²) < 4.78 is 13.7. The van der Waals surface area contributed by atoms with Gasteiger partial charge in [0.05, 0.1) is 21.6 Å². The third-order valence-electron chi connectivity index (χ3n) is 2.78. The van der Waals surface area contributed by atoms with Crippen molar-refractivity contribution in [2.75, 3.05) is 5.32 Å². The molecule has 0 radical (unpaired) electrons. The zero-order valence-corrected chi connectivity index (χ0v) is 10.9. The van der Waals surface area contributed by atoms with Crippen molar-refractivity contribution in [1.82, 2.24) is 0 Å². The number of non-ortho nitro benzene ring substituents is 1. The van der Waals surface area contributed by atoms with Crippen molar-refractivity contribution in [2.24, 2.45) is 0 Å². The van der Waals surface area contributed by atoms with E-state index in [2.05, 4.69) is 5.32 Å². The average molecular weight is 291 g/mol. The fourth-order valence-corrected chi connectivity index (χ4v) is 1.76. The van der Waals surface area contributed by atoms with E-state index in [1.165, 1.54) is 18.2 Å². The number of aryl methyl sites for hydroxylation is 1. The number of nitrogens with one attached hydrogen (secondary N) is 1. The van der Waals surface area contributed by atoms with Gasteiger partial charge in [-0.1, -0.05) is 6.07 Å². The van der Waals surface area contributed by atoms with Crippen molar-refractivity contribution < 1.29 is 14.2 Å². The van der Waals surface area contributed by atoms with Crippen LogP contribution in [0.5, 0.6) is 0 Å². The van der Waals surface area contributed by atoms with Crippen molar-refractivity contribution in [3.63, 3.8) is 0 Å². The monoisotopic (exact) mass is 291 g/mol. The van der Waals surface area contributed by atoms with Crippen LogP contribution in [0.1, 0.15) is 5.56 Å². The summed E-state index contributed by atoms with van der Waals surface area (Å²) in [5.41, 5.74) is -0.164. The molecule has 0 bridgehead atoms. The van der Waals surface area contributed by atoms with E-state index >= 15 is 0 Å². The quantitative estimate of drug-likeness (QED) is 0.684. The van der Waals surface area contributed by atoms with Crippen LogP contribution >= 0.6 is 0 Å². The minimum atomic E-state index is -0.762. The molecule has 0 saturated heterocycles. The molecule has 2 aromatic carbocycles. The molecule has 0 aromatic heterocycles. The number of hydrogen-bond donors (Lipinski definition) is 1. The van der Waals surface area contributed by atoms with E-state index in [9.17, 15) is 24.6 Å². The second kappa shape index (κ2) is 5.53. The van der Waals surface area contributed by atoms with E-state index in [1.54, 1.807) is 13.0 Å². The van der Waals surface area contributed by atoms with E-state index < -0.39 is 27.0 Å². The SMILES string of the molecule is Cc1ccc(Nc2ccc([N+](=O)[O-])cc2[N+](=O)[O-])c(F)c1. The predicted molar refractivity (Wildman–Crippen MR) is 74.2 cm³/mol. The lowest BCUT2D eigenvalue weighted by molar-refractivity contribution is -0.393. The first kappa shape index (κ1) is 14.4. The Labute approximate surface area is 118 Å². The van der Waals surface area contributed by atoms with Crippen LogP contribution in [0, 0.1) is 33.0 Å². The van der Waals surface area contributed by atoms with Crippen LogP contribution in [0.2, 0.25) is 0 Å². The van der Waals surface area contributed by atoms with E-state index in [-0.39, 0.29) is 11.4 Å². The molecule has 0 unspecified atom stereocenters. The Kier molecular flexibility index (Phi) is 3.79. The molecule has 0 fully saturated rings. The molecule has 0 amide bonds. The van der Waals surface area contributed by atoms with E-state index in [1.807, 2.05) is 0 Å². The average Bonchev–Trinajstić information content (AvgIpc) is 2.41. The third kappa shape index (κ3) is 3.11. The number of benzene rings is 2. The van der Waals surface area contributed by atoms with Crippen LogP contribution in [0.25, 0.3) is 0 Å². The molecule has 0 aliphatic heterocycles. The second-order valence-electron chi connectivity index (χ2n) is 4.32. The standard InChI is InChI=1S/C13H10FN3O4/c1-8-2-4-11(10(14)6-8)15-12-5-3-9(16(18)19)7-13(12)17(20)21/h2-7,15H,1H3. The van der Waals surface area contributed by atoms with Crippen LogP contribution in [0.4, 0.5) is 27.1 Å². The highest BCUT2D eigenvalue weighted by molar-refractivity contribution is 5.72. The Hall–Kier alpha value is -3.03. The van der Waals surface area contributed by atoms with Gasteiger partial charge in [-0.2, -0.15) is 0 Å². The van der Waals surface area contributed by atoms with Gasteiger partial charge in [-0.25, -0.2) is 4.39 Å². The first-order chi connectivity index (χ1) is 9.88. The van der Waals surface area contributed by atoms with Crippen molar-refractivity contribution in [3.8, 4) is 0 Å². The molecule has 7 nitrogen and oxygen atoms in total. The third-order valence-corrected chi connectivity index (χ3v) is 2.78. The topological polar surface area (TPSA) is 98.3 Å². The summed E-state index contributed by atoms with van der Waals surface area (Å²) in [6.07, 6.45) is 0. The van der Waals surface area contributed by atoms with Crippen molar-refractivity contribution >= 4 is 22.7 Å². The molecule has 0 heterocycles. The second-order valence-corrected chi connectivity index (χ2v) is 4.32. The summed E-state index contributed by atoms with van der Waals surface area (Å²) in [5.74, 6) is -0.567. The number of nitro benzene ring substituents is 2. The normalized spacial score (nSPS) is 10.2. The van der Waals surface area contributed by atoms with Gasteiger partial charge in [0.25, 0.3) is 11.4 Å². The Morgan fingerprint density at radius 3 is 2.24 bits per heavy atom. The van der Waals surface area contributed by atoms with Crippen LogP contribution in [-0.2, 0) is 0 Å². The predicted octanol–water partition coefficient (Wildman–Crippen LogP) is 3.69. The summed E-state index contributed by atoms with van der Waals surface area (Å²) in [7, 11) is 0. The van der Waals surface area contributed by atoms with Gasteiger partial charge in [0.15, 0.2) is 0 Å². The number of anilines is 2. The van der Waals surface area contributed by atoms with Gasteiger partial charge in [-0.3, -0.25) is 20.2 Å². The van der Waals surface area contributed by atoms with Gasteiger partial charge >= 0.3 is 0 Å². The van der Waals surface area contributed by atoms with Gasteiger partial charge in [0.2, 0.25) is 0 Å².